The van der Waals surface area contributed by atoms with Crippen LogP contribution < -0.4 is 0 Å². The molecule has 0 aliphatic heterocycles. The second-order valence-corrected chi connectivity index (χ2v) is 5.85. The summed E-state index contributed by atoms with van der Waals surface area (Å²) >= 11 is 1.61. The van der Waals surface area contributed by atoms with Crippen LogP contribution in [0, 0.1) is 6.92 Å². The smallest absolute Gasteiger partial charge is 0.194 e. The molecule has 0 aliphatic rings. The Bertz CT molecular complexity index is 821. The monoisotopic (exact) mass is 292 g/mol. The molecule has 0 fully saturated rings. The second kappa shape index (κ2) is 5.74. The van der Waals surface area contributed by atoms with E-state index >= 15 is 0 Å². The van der Waals surface area contributed by atoms with E-state index in [4.69, 9.17) is 0 Å². The molecule has 104 valence electrons. The summed E-state index contributed by atoms with van der Waals surface area (Å²) in [5, 5.41) is 2.17. The molecule has 0 N–H and O–H groups in total. The maximum Gasteiger partial charge on any atom is 0.194 e. The average molecular weight is 292 g/mol. The molecule has 0 atom stereocenters. The van der Waals surface area contributed by atoms with Gasteiger partial charge in [-0.05, 0) is 41.6 Å². The van der Waals surface area contributed by atoms with Crippen molar-refractivity contribution < 1.29 is 4.79 Å². The van der Waals surface area contributed by atoms with Gasteiger partial charge in [0.15, 0.2) is 5.78 Å². The molecule has 21 heavy (non-hydrogen) atoms. The lowest BCUT2D eigenvalue weighted by atomic mass is 9.95. The van der Waals surface area contributed by atoms with E-state index < -0.39 is 0 Å². The highest BCUT2D eigenvalue weighted by molar-refractivity contribution is 7.98. The Labute approximate surface area is 129 Å². The molecular weight excluding hydrogens is 276 g/mol. The lowest BCUT2D eigenvalue weighted by Crippen LogP contribution is -2.04. The molecule has 3 aromatic carbocycles. The number of hydrogen-bond acceptors (Lipinski definition) is 2. The van der Waals surface area contributed by atoms with Gasteiger partial charge in [-0.25, -0.2) is 0 Å². The molecule has 3 rings (SSSR count). The van der Waals surface area contributed by atoms with Gasteiger partial charge in [0.2, 0.25) is 0 Å². The van der Waals surface area contributed by atoms with Crippen LogP contribution in [0.1, 0.15) is 21.5 Å². The van der Waals surface area contributed by atoms with E-state index in [-0.39, 0.29) is 5.78 Å². The largest absolute Gasteiger partial charge is 0.289 e. The average Bonchev–Trinajstić information content (AvgIpc) is 2.55. The van der Waals surface area contributed by atoms with E-state index in [1.165, 1.54) is 5.56 Å². The number of aryl methyl sites for hydroxylation is 1. The van der Waals surface area contributed by atoms with Crippen molar-refractivity contribution in [2.75, 3.05) is 6.26 Å². The molecular formula is C19H16OS. The molecule has 0 saturated heterocycles. The number of thioether (sulfide) groups is 1. The first-order valence-electron chi connectivity index (χ1n) is 6.88. The van der Waals surface area contributed by atoms with E-state index in [0.29, 0.717) is 0 Å². The fraction of sp³-hybridized carbons (Fsp3) is 0.105. The van der Waals surface area contributed by atoms with Crippen LogP contribution in [0.15, 0.2) is 65.6 Å². The molecule has 0 amide bonds. The van der Waals surface area contributed by atoms with Crippen molar-refractivity contribution in [1.29, 1.82) is 0 Å². The fourth-order valence-electron chi connectivity index (χ4n) is 2.63. The summed E-state index contributed by atoms with van der Waals surface area (Å²) in [6.45, 7) is 2.08. The zero-order valence-corrected chi connectivity index (χ0v) is 12.9. The predicted molar refractivity (Wildman–Crippen MR) is 90.3 cm³/mol. The van der Waals surface area contributed by atoms with Gasteiger partial charge in [-0.15, -0.1) is 11.8 Å². The van der Waals surface area contributed by atoms with Crippen molar-refractivity contribution in [3.63, 3.8) is 0 Å². The highest BCUT2D eigenvalue weighted by atomic mass is 32.2. The summed E-state index contributed by atoms with van der Waals surface area (Å²) in [6.07, 6.45) is 2.00. The maximum absolute atomic E-state index is 12.9. The highest BCUT2D eigenvalue weighted by Gasteiger charge is 2.15. The number of carbonyl (C=O) groups is 1. The molecule has 0 bridgehead atoms. The van der Waals surface area contributed by atoms with Crippen LogP contribution in [0.5, 0.6) is 0 Å². The summed E-state index contributed by atoms with van der Waals surface area (Å²) in [5.74, 6) is 0.0937. The number of hydrogen-bond donors (Lipinski definition) is 0. The van der Waals surface area contributed by atoms with E-state index in [2.05, 4.69) is 13.0 Å². The summed E-state index contributed by atoms with van der Waals surface area (Å²) in [4.78, 5) is 14.0. The number of ketones is 1. The molecule has 0 saturated carbocycles. The number of carbonyl (C=O) groups excluding carboxylic acids is 1. The first-order valence-corrected chi connectivity index (χ1v) is 8.11. The van der Waals surface area contributed by atoms with Gasteiger partial charge in [0, 0.05) is 16.0 Å². The Morgan fingerprint density at radius 3 is 2.24 bits per heavy atom. The van der Waals surface area contributed by atoms with Gasteiger partial charge in [-0.3, -0.25) is 4.79 Å². The van der Waals surface area contributed by atoms with Gasteiger partial charge in [0.05, 0.1) is 0 Å². The third-order valence-electron chi connectivity index (χ3n) is 3.74. The lowest BCUT2D eigenvalue weighted by molar-refractivity contribution is 0.103. The molecule has 0 heterocycles. The van der Waals surface area contributed by atoms with Crippen LogP contribution in [-0.2, 0) is 0 Å². The first kappa shape index (κ1) is 13.9. The van der Waals surface area contributed by atoms with Crippen LogP contribution in [0.3, 0.4) is 0 Å². The standard InChI is InChI=1S/C19H16OS/c1-13-11-12-16(15-8-4-3-7-14(13)15)19(20)17-9-5-6-10-18(17)21-2/h3-12H,1-2H3. The third-order valence-corrected chi connectivity index (χ3v) is 4.53. The van der Waals surface area contributed by atoms with Gasteiger partial charge in [-0.2, -0.15) is 0 Å². The van der Waals surface area contributed by atoms with Gasteiger partial charge in [0.25, 0.3) is 0 Å². The Morgan fingerprint density at radius 1 is 0.810 bits per heavy atom. The van der Waals surface area contributed by atoms with Crippen molar-refractivity contribution in [3.8, 4) is 0 Å². The maximum atomic E-state index is 12.9. The minimum Gasteiger partial charge on any atom is -0.289 e. The molecule has 0 unspecified atom stereocenters. The number of fused-ring (bicyclic) bond motifs is 1. The van der Waals surface area contributed by atoms with Gasteiger partial charge >= 0.3 is 0 Å². The third kappa shape index (κ3) is 2.47. The summed E-state index contributed by atoms with van der Waals surface area (Å²) in [5.41, 5.74) is 2.75. The molecule has 0 radical (unpaired) electrons. The van der Waals surface area contributed by atoms with Gasteiger partial charge < -0.3 is 0 Å². The fourth-order valence-corrected chi connectivity index (χ4v) is 3.22. The lowest BCUT2D eigenvalue weighted by Gasteiger charge is -2.10. The zero-order valence-electron chi connectivity index (χ0n) is 12.1. The molecule has 0 spiro atoms. The molecule has 1 nitrogen and oxygen atoms in total. The normalized spacial score (nSPS) is 10.8. The van der Waals surface area contributed by atoms with Crippen LogP contribution in [0.2, 0.25) is 0 Å². The quantitative estimate of drug-likeness (QED) is 0.493. The van der Waals surface area contributed by atoms with Crippen molar-refractivity contribution in [3.05, 3.63) is 77.4 Å². The zero-order chi connectivity index (χ0) is 14.8. The van der Waals surface area contributed by atoms with Crippen molar-refractivity contribution in [2.45, 2.75) is 11.8 Å². The molecule has 2 heteroatoms. The van der Waals surface area contributed by atoms with E-state index in [1.807, 2.05) is 60.9 Å². The van der Waals surface area contributed by atoms with Crippen LogP contribution >= 0.6 is 11.8 Å². The van der Waals surface area contributed by atoms with Crippen molar-refractivity contribution in [1.82, 2.24) is 0 Å². The van der Waals surface area contributed by atoms with Crippen LogP contribution in [0.25, 0.3) is 10.8 Å². The van der Waals surface area contributed by atoms with E-state index in [0.717, 1.165) is 26.8 Å². The van der Waals surface area contributed by atoms with Crippen molar-refractivity contribution in [2.24, 2.45) is 0 Å². The summed E-state index contributed by atoms with van der Waals surface area (Å²) in [6, 6.07) is 19.8. The number of benzene rings is 3. The Balaban J connectivity index is 2.21. The first-order chi connectivity index (χ1) is 10.2. The molecule has 3 aromatic rings. The Morgan fingerprint density at radius 2 is 1.48 bits per heavy atom. The van der Waals surface area contributed by atoms with Gasteiger partial charge in [0.1, 0.15) is 0 Å². The van der Waals surface area contributed by atoms with E-state index in [9.17, 15) is 4.79 Å². The topological polar surface area (TPSA) is 17.1 Å². The number of rotatable bonds is 3. The van der Waals surface area contributed by atoms with Gasteiger partial charge in [-0.1, -0.05) is 48.5 Å². The summed E-state index contributed by atoms with van der Waals surface area (Å²) in [7, 11) is 0. The molecule has 0 aliphatic carbocycles. The van der Waals surface area contributed by atoms with E-state index in [1.54, 1.807) is 11.8 Å². The second-order valence-electron chi connectivity index (χ2n) is 5.01. The minimum absolute atomic E-state index is 0.0937. The highest BCUT2D eigenvalue weighted by Crippen LogP contribution is 2.27. The summed E-state index contributed by atoms with van der Waals surface area (Å²) < 4.78 is 0. The Kier molecular flexibility index (Phi) is 3.80. The molecule has 0 aromatic heterocycles. The SMILES string of the molecule is CSc1ccccc1C(=O)c1ccc(C)c2ccccc12. The Hall–Kier alpha value is -2.06. The van der Waals surface area contributed by atoms with Crippen LogP contribution in [-0.4, -0.2) is 12.0 Å². The van der Waals surface area contributed by atoms with Crippen LogP contribution in [0.4, 0.5) is 0 Å². The van der Waals surface area contributed by atoms with Crippen molar-refractivity contribution >= 4 is 28.3 Å². The minimum atomic E-state index is 0.0937. The predicted octanol–water partition coefficient (Wildman–Crippen LogP) is 5.10.